The Labute approximate surface area is 267 Å². The van der Waals surface area contributed by atoms with Crippen molar-refractivity contribution in [3.05, 3.63) is 146 Å². The Balaban J connectivity index is 1.34. The highest BCUT2D eigenvalue weighted by atomic mass is 32.1. The molecule has 0 aliphatic rings. The van der Waals surface area contributed by atoms with Crippen molar-refractivity contribution in [3.8, 4) is 23.3 Å². The molecule has 0 fully saturated rings. The predicted octanol–water partition coefficient (Wildman–Crippen LogP) is 10.8. The number of nitrogens with zero attached hydrogens (tertiary/aromatic N) is 4. The number of ether oxygens (including phenoxy) is 1. The number of hydrogen-bond donors (Lipinski definition) is 0. The molecule has 4 heterocycles. The lowest BCUT2D eigenvalue weighted by Gasteiger charge is -2.12. The Kier molecular flexibility index (Phi) is 5.38. The zero-order valence-electron chi connectivity index (χ0n) is 24.5. The van der Waals surface area contributed by atoms with Crippen LogP contribution < -0.4 is 4.74 Å². The molecule has 10 aromatic rings. The van der Waals surface area contributed by atoms with Crippen LogP contribution in [0.1, 0.15) is 0 Å². The number of aromatic nitrogens is 4. The third kappa shape index (κ3) is 3.62. The summed E-state index contributed by atoms with van der Waals surface area (Å²) in [5, 5.41) is 5.66. The molecule has 0 saturated heterocycles. The molecule has 0 unspecified atom stereocenters. The molecule has 6 aromatic carbocycles. The van der Waals surface area contributed by atoms with E-state index in [9.17, 15) is 0 Å². The van der Waals surface area contributed by atoms with E-state index in [1.54, 1.807) is 0 Å². The van der Waals surface area contributed by atoms with Gasteiger partial charge in [-0.3, -0.25) is 4.57 Å². The zero-order chi connectivity index (χ0) is 30.2. The molecular weight excluding hydrogens is 585 g/mol. The molecule has 10 rings (SSSR count). The first-order valence-corrected chi connectivity index (χ1v) is 16.1. The number of benzene rings is 6. The summed E-state index contributed by atoms with van der Waals surface area (Å²) in [6.45, 7) is 0. The highest BCUT2D eigenvalue weighted by molar-refractivity contribution is 7.27. The van der Waals surface area contributed by atoms with E-state index in [1.165, 1.54) is 36.6 Å². The van der Waals surface area contributed by atoms with Gasteiger partial charge in [0, 0.05) is 27.2 Å². The van der Waals surface area contributed by atoms with Crippen LogP contribution in [-0.2, 0) is 0 Å². The maximum atomic E-state index is 6.43. The minimum Gasteiger partial charge on any atom is -0.438 e. The highest BCUT2D eigenvalue weighted by Gasteiger charge is 2.23. The van der Waals surface area contributed by atoms with Crippen LogP contribution in [-0.4, -0.2) is 19.1 Å². The lowest BCUT2D eigenvalue weighted by atomic mass is 10.1. The van der Waals surface area contributed by atoms with Crippen LogP contribution in [0.3, 0.4) is 0 Å². The lowest BCUT2D eigenvalue weighted by Crippen LogP contribution is -2.03. The first kappa shape index (κ1) is 25.4. The molecule has 0 aliphatic heterocycles. The van der Waals surface area contributed by atoms with E-state index in [1.807, 2.05) is 65.9 Å². The van der Waals surface area contributed by atoms with Gasteiger partial charge in [-0.05, 0) is 48.5 Å². The van der Waals surface area contributed by atoms with Crippen molar-refractivity contribution < 1.29 is 4.74 Å². The van der Waals surface area contributed by atoms with Crippen LogP contribution in [0.2, 0.25) is 0 Å². The summed E-state index contributed by atoms with van der Waals surface area (Å²) in [5.74, 6) is 1.84. The van der Waals surface area contributed by atoms with Crippen molar-refractivity contribution in [1.29, 1.82) is 0 Å². The molecule has 4 aromatic heterocycles. The van der Waals surface area contributed by atoms with Gasteiger partial charge >= 0.3 is 0 Å². The van der Waals surface area contributed by atoms with Crippen molar-refractivity contribution in [2.45, 2.75) is 0 Å². The summed E-state index contributed by atoms with van der Waals surface area (Å²) in [5.41, 5.74) is 6.56. The predicted molar refractivity (Wildman–Crippen MR) is 190 cm³/mol. The van der Waals surface area contributed by atoms with E-state index in [4.69, 9.17) is 14.7 Å². The fourth-order valence-electron chi connectivity index (χ4n) is 6.84. The Morgan fingerprint density at radius 2 is 1.04 bits per heavy atom. The smallest absolute Gasteiger partial charge is 0.238 e. The Morgan fingerprint density at radius 3 is 1.85 bits per heavy atom. The minimum atomic E-state index is 0.530. The normalized spacial score (nSPS) is 11.9. The van der Waals surface area contributed by atoms with Gasteiger partial charge in [-0.2, -0.15) is 4.98 Å². The standard InChI is InChI=1S/C40H24N4OS/c1-3-13-25(14-4-1)43-34-22-12-9-19-30(34)37-36(43)31-24-23-28-27-17-8-11-21-33(27)44(35(28)38(31)46-37)40-41-32-20-10-7-18-29(32)39(42-40)45-26-15-5-2-6-16-26/h1-24H. The van der Waals surface area contributed by atoms with Crippen LogP contribution in [0.4, 0.5) is 0 Å². The molecule has 0 saturated carbocycles. The molecule has 5 nitrogen and oxygen atoms in total. The number of hydrogen-bond acceptors (Lipinski definition) is 4. The molecule has 46 heavy (non-hydrogen) atoms. The number of fused-ring (bicyclic) bond motifs is 10. The zero-order valence-corrected chi connectivity index (χ0v) is 25.3. The van der Waals surface area contributed by atoms with Crippen molar-refractivity contribution >= 4 is 75.3 Å². The molecule has 0 spiro atoms. The average molecular weight is 609 g/mol. The van der Waals surface area contributed by atoms with Gasteiger partial charge in [0.15, 0.2) is 0 Å². The number of para-hydroxylation sites is 5. The maximum Gasteiger partial charge on any atom is 0.238 e. The van der Waals surface area contributed by atoms with Gasteiger partial charge in [0.05, 0.1) is 42.4 Å². The van der Waals surface area contributed by atoms with E-state index in [-0.39, 0.29) is 0 Å². The van der Waals surface area contributed by atoms with Gasteiger partial charge in [0.25, 0.3) is 0 Å². The second kappa shape index (κ2) is 9.76. The summed E-state index contributed by atoms with van der Waals surface area (Å²) in [6, 6.07) is 50.3. The average Bonchev–Trinajstić information content (AvgIpc) is 3.76. The molecule has 0 atom stereocenters. The van der Waals surface area contributed by atoms with Gasteiger partial charge < -0.3 is 9.30 Å². The van der Waals surface area contributed by atoms with Crippen molar-refractivity contribution in [3.63, 3.8) is 0 Å². The monoisotopic (exact) mass is 608 g/mol. The largest absolute Gasteiger partial charge is 0.438 e. The third-order valence-corrected chi connectivity index (χ3v) is 10.0. The summed E-state index contributed by atoms with van der Waals surface area (Å²) in [4.78, 5) is 10.3. The second-order valence-electron chi connectivity index (χ2n) is 11.4. The Bertz CT molecular complexity index is 2780. The first-order chi connectivity index (χ1) is 22.8. The summed E-state index contributed by atoms with van der Waals surface area (Å²) in [7, 11) is 0. The van der Waals surface area contributed by atoms with Crippen molar-refractivity contribution in [2.75, 3.05) is 0 Å². The number of rotatable bonds is 4. The first-order valence-electron chi connectivity index (χ1n) is 15.3. The van der Waals surface area contributed by atoms with Crippen LogP contribution >= 0.6 is 11.3 Å². The fraction of sp³-hybridized carbons (Fsp3) is 0. The summed E-state index contributed by atoms with van der Waals surface area (Å²) < 4.78 is 13.5. The number of thiophene rings is 1. The minimum absolute atomic E-state index is 0.530. The molecule has 216 valence electrons. The van der Waals surface area contributed by atoms with E-state index in [2.05, 4.69) is 100 Å². The van der Waals surface area contributed by atoms with E-state index < -0.39 is 0 Å². The highest BCUT2D eigenvalue weighted by Crippen LogP contribution is 2.47. The van der Waals surface area contributed by atoms with Gasteiger partial charge in [-0.1, -0.05) is 97.1 Å². The maximum absolute atomic E-state index is 6.43. The summed E-state index contributed by atoms with van der Waals surface area (Å²) in [6.07, 6.45) is 0. The van der Waals surface area contributed by atoms with Gasteiger partial charge in [-0.15, -0.1) is 11.3 Å². The van der Waals surface area contributed by atoms with Crippen molar-refractivity contribution in [2.24, 2.45) is 0 Å². The Hall–Kier alpha value is -5.98. The lowest BCUT2D eigenvalue weighted by molar-refractivity contribution is 0.467. The van der Waals surface area contributed by atoms with Crippen LogP contribution in [0.15, 0.2) is 146 Å². The molecule has 0 amide bonds. The van der Waals surface area contributed by atoms with Crippen LogP contribution in [0.5, 0.6) is 11.6 Å². The SMILES string of the molecule is c1ccc(Oc2nc(-n3c4ccccc4c4ccc5c(sc6c7ccccc7n(-c7ccccc7)c56)c43)nc3ccccc23)cc1. The quantitative estimate of drug-likeness (QED) is 0.200. The topological polar surface area (TPSA) is 44.9 Å². The van der Waals surface area contributed by atoms with Crippen molar-refractivity contribution in [1.82, 2.24) is 19.1 Å². The second-order valence-corrected chi connectivity index (χ2v) is 12.4. The third-order valence-electron chi connectivity index (χ3n) is 8.81. The molecule has 0 aliphatic carbocycles. The van der Waals surface area contributed by atoms with E-state index in [0.29, 0.717) is 11.8 Å². The molecule has 0 radical (unpaired) electrons. The van der Waals surface area contributed by atoms with Gasteiger partial charge in [0.1, 0.15) is 5.75 Å². The molecule has 0 N–H and O–H groups in total. The fourth-order valence-corrected chi connectivity index (χ4v) is 8.20. The van der Waals surface area contributed by atoms with Gasteiger partial charge in [0.2, 0.25) is 11.8 Å². The van der Waals surface area contributed by atoms with Crippen LogP contribution in [0, 0.1) is 0 Å². The van der Waals surface area contributed by atoms with E-state index in [0.717, 1.165) is 38.8 Å². The molecular formula is C40H24N4OS. The summed E-state index contributed by atoms with van der Waals surface area (Å²) >= 11 is 1.84. The van der Waals surface area contributed by atoms with Crippen LogP contribution in [0.25, 0.3) is 75.6 Å². The molecule has 6 heteroatoms. The Morgan fingerprint density at radius 1 is 0.457 bits per heavy atom. The van der Waals surface area contributed by atoms with Gasteiger partial charge in [-0.25, -0.2) is 4.98 Å². The molecule has 0 bridgehead atoms. The van der Waals surface area contributed by atoms with E-state index >= 15 is 0 Å².